The molecule has 0 saturated heterocycles. The number of hydrogen-bond acceptors (Lipinski definition) is 3. The molecule has 0 N–H and O–H groups in total. The number of nitriles is 1. The molecule has 20 heavy (non-hydrogen) atoms. The van der Waals surface area contributed by atoms with Gasteiger partial charge in [-0.25, -0.2) is 0 Å². The van der Waals surface area contributed by atoms with Crippen LogP contribution in [0.2, 0.25) is 0 Å². The van der Waals surface area contributed by atoms with Gasteiger partial charge >= 0.3 is 0 Å². The van der Waals surface area contributed by atoms with Crippen molar-refractivity contribution in [3.63, 3.8) is 0 Å². The van der Waals surface area contributed by atoms with Crippen molar-refractivity contribution < 1.29 is 4.79 Å². The second kappa shape index (κ2) is 5.96. The molecule has 4 nitrogen and oxygen atoms in total. The van der Waals surface area contributed by atoms with E-state index in [0.29, 0.717) is 12.1 Å². The molecule has 1 amide bonds. The van der Waals surface area contributed by atoms with Gasteiger partial charge in [0.25, 0.3) is 5.91 Å². The Kier molecular flexibility index (Phi) is 4.29. The van der Waals surface area contributed by atoms with Crippen LogP contribution < -0.4 is 4.90 Å². The van der Waals surface area contributed by atoms with Crippen LogP contribution in [0.1, 0.15) is 48.1 Å². The average molecular weight is 271 g/mol. The van der Waals surface area contributed by atoms with Crippen LogP contribution in [0, 0.1) is 11.3 Å². The maximum absolute atomic E-state index is 12.6. The number of fused-ring (bicyclic) bond motifs is 1. The first kappa shape index (κ1) is 14.4. The fourth-order valence-electron chi connectivity index (χ4n) is 2.72. The van der Waals surface area contributed by atoms with E-state index in [0.717, 1.165) is 30.5 Å². The third kappa shape index (κ3) is 2.36. The molecule has 1 aromatic carbocycles. The molecule has 0 aromatic heterocycles. The molecule has 0 spiro atoms. The van der Waals surface area contributed by atoms with Crippen molar-refractivity contribution in [1.29, 1.82) is 5.26 Å². The van der Waals surface area contributed by atoms with Crippen LogP contribution in [0.4, 0.5) is 5.69 Å². The van der Waals surface area contributed by atoms with Crippen molar-refractivity contribution in [3.05, 3.63) is 29.3 Å². The lowest BCUT2D eigenvalue weighted by atomic mass is 10.0. The monoisotopic (exact) mass is 271 g/mol. The van der Waals surface area contributed by atoms with Crippen molar-refractivity contribution in [2.45, 2.75) is 32.2 Å². The van der Waals surface area contributed by atoms with Crippen LogP contribution in [-0.4, -0.2) is 31.4 Å². The summed E-state index contributed by atoms with van der Waals surface area (Å²) in [6.07, 6.45) is 3.14. The van der Waals surface area contributed by atoms with Crippen LogP contribution in [-0.2, 0) is 0 Å². The lowest BCUT2D eigenvalue weighted by molar-refractivity contribution is 0.0755. The van der Waals surface area contributed by atoms with Crippen LogP contribution in [0.5, 0.6) is 0 Å². The molecule has 1 unspecified atom stereocenters. The van der Waals surface area contributed by atoms with Gasteiger partial charge in [-0.2, -0.15) is 5.26 Å². The molecule has 1 heterocycles. The van der Waals surface area contributed by atoms with Crippen LogP contribution >= 0.6 is 0 Å². The van der Waals surface area contributed by atoms with Gasteiger partial charge in [-0.3, -0.25) is 4.79 Å². The summed E-state index contributed by atoms with van der Waals surface area (Å²) in [7, 11) is 3.84. The zero-order valence-corrected chi connectivity index (χ0v) is 12.4. The van der Waals surface area contributed by atoms with Crippen LogP contribution in [0.25, 0.3) is 0 Å². The van der Waals surface area contributed by atoms with E-state index in [4.69, 9.17) is 0 Å². The highest BCUT2D eigenvalue weighted by molar-refractivity contribution is 6.04. The molecule has 0 radical (unpaired) electrons. The Labute approximate surface area is 120 Å². The quantitative estimate of drug-likeness (QED) is 0.773. The number of hydrogen-bond donors (Lipinski definition) is 0. The lowest BCUT2D eigenvalue weighted by Crippen LogP contribution is -2.29. The predicted octanol–water partition coefficient (Wildman–Crippen LogP) is 2.96. The number of unbranched alkanes of at least 4 members (excludes halogenated alkanes) is 2. The number of rotatable bonds is 5. The Morgan fingerprint density at radius 1 is 1.35 bits per heavy atom. The molecule has 4 heteroatoms. The van der Waals surface area contributed by atoms with Crippen LogP contribution in [0.3, 0.4) is 0 Å². The molecule has 2 rings (SSSR count). The van der Waals surface area contributed by atoms with Crippen molar-refractivity contribution in [1.82, 2.24) is 4.90 Å². The number of anilines is 1. The third-order valence-electron chi connectivity index (χ3n) is 3.76. The van der Waals surface area contributed by atoms with Crippen molar-refractivity contribution in [2.75, 3.05) is 25.5 Å². The Hall–Kier alpha value is -2.02. The van der Waals surface area contributed by atoms with E-state index >= 15 is 0 Å². The third-order valence-corrected chi connectivity index (χ3v) is 3.76. The minimum Gasteiger partial charge on any atom is -0.377 e. The number of amides is 1. The summed E-state index contributed by atoms with van der Waals surface area (Å²) >= 11 is 0. The van der Waals surface area contributed by atoms with Gasteiger partial charge in [0.2, 0.25) is 0 Å². The van der Waals surface area contributed by atoms with E-state index < -0.39 is 6.04 Å². The summed E-state index contributed by atoms with van der Waals surface area (Å²) in [5, 5.41) is 9.43. The van der Waals surface area contributed by atoms with Gasteiger partial charge in [0, 0.05) is 31.9 Å². The van der Waals surface area contributed by atoms with E-state index in [2.05, 4.69) is 13.0 Å². The Morgan fingerprint density at radius 2 is 2.10 bits per heavy atom. The number of benzene rings is 1. The largest absolute Gasteiger partial charge is 0.377 e. The zero-order valence-electron chi connectivity index (χ0n) is 12.4. The fraction of sp³-hybridized carbons (Fsp3) is 0.500. The summed E-state index contributed by atoms with van der Waals surface area (Å²) in [4.78, 5) is 16.3. The van der Waals surface area contributed by atoms with Crippen LogP contribution in [0.15, 0.2) is 18.2 Å². The summed E-state index contributed by atoms with van der Waals surface area (Å²) in [5.41, 5.74) is 2.44. The minimum absolute atomic E-state index is 0.00745. The molecule has 0 fully saturated rings. The minimum atomic E-state index is -0.436. The molecule has 1 atom stereocenters. The molecule has 1 aromatic rings. The average Bonchev–Trinajstić information content (AvgIpc) is 2.71. The second-order valence-electron chi connectivity index (χ2n) is 5.37. The first-order valence-corrected chi connectivity index (χ1v) is 7.12. The summed E-state index contributed by atoms with van der Waals surface area (Å²) in [6, 6.07) is 7.59. The van der Waals surface area contributed by atoms with E-state index in [9.17, 15) is 10.1 Å². The predicted molar refractivity (Wildman–Crippen MR) is 79.7 cm³/mol. The van der Waals surface area contributed by atoms with E-state index in [1.165, 1.54) is 0 Å². The number of carbonyl (C=O) groups excluding carboxylic acids is 1. The summed E-state index contributed by atoms with van der Waals surface area (Å²) in [6.45, 7) is 2.79. The molecule has 1 aliphatic heterocycles. The summed E-state index contributed by atoms with van der Waals surface area (Å²) in [5.74, 6) is -0.00745. The second-order valence-corrected chi connectivity index (χ2v) is 5.37. The maximum Gasteiger partial charge on any atom is 0.257 e. The topological polar surface area (TPSA) is 47.3 Å². The molecule has 0 saturated carbocycles. The first-order valence-electron chi connectivity index (χ1n) is 7.12. The maximum atomic E-state index is 12.6. The first-order chi connectivity index (χ1) is 9.61. The Morgan fingerprint density at radius 3 is 2.70 bits per heavy atom. The van der Waals surface area contributed by atoms with Crippen molar-refractivity contribution in [3.8, 4) is 6.07 Å². The van der Waals surface area contributed by atoms with Gasteiger partial charge in [0.05, 0.1) is 11.6 Å². The van der Waals surface area contributed by atoms with Gasteiger partial charge in [0.15, 0.2) is 0 Å². The Bertz CT molecular complexity index is 545. The lowest BCUT2D eigenvalue weighted by Gasteiger charge is -2.19. The smallest absolute Gasteiger partial charge is 0.257 e. The highest BCUT2D eigenvalue weighted by atomic mass is 16.2. The zero-order chi connectivity index (χ0) is 14.7. The van der Waals surface area contributed by atoms with Crippen molar-refractivity contribution >= 4 is 11.6 Å². The van der Waals surface area contributed by atoms with Gasteiger partial charge in [-0.15, -0.1) is 0 Å². The van der Waals surface area contributed by atoms with Crippen molar-refractivity contribution in [2.24, 2.45) is 0 Å². The standard InChI is InChI=1S/C16H21N3O/c1-4-5-6-10-19-14(11-17)12-8-7-9-13(18(2)3)15(12)16(19)20/h7-9,14H,4-6,10H2,1-3H3. The Balaban J connectivity index is 2.36. The molecule has 0 bridgehead atoms. The highest BCUT2D eigenvalue weighted by Gasteiger charge is 2.38. The van der Waals surface area contributed by atoms with Gasteiger partial charge in [-0.1, -0.05) is 31.9 Å². The van der Waals surface area contributed by atoms with Gasteiger partial charge < -0.3 is 9.80 Å². The highest BCUT2D eigenvalue weighted by Crippen LogP contribution is 2.38. The normalized spacial score (nSPS) is 17.0. The SMILES string of the molecule is CCCCCN1C(=O)c2c(cccc2N(C)C)C1C#N. The summed E-state index contributed by atoms with van der Waals surface area (Å²) < 4.78 is 0. The number of carbonyl (C=O) groups is 1. The fourth-order valence-corrected chi connectivity index (χ4v) is 2.72. The van der Waals surface area contributed by atoms with E-state index in [1.54, 1.807) is 4.90 Å². The molecule has 1 aliphatic rings. The molecular weight excluding hydrogens is 250 g/mol. The molecular formula is C16H21N3O. The number of nitrogens with zero attached hydrogens (tertiary/aromatic N) is 3. The molecule has 0 aliphatic carbocycles. The van der Waals surface area contributed by atoms with Gasteiger partial charge in [-0.05, 0) is 12.5 Å². The molecule has 106 valence electrons. The van der Waals surface area contributed by atoms with E-state index in [1.807, 2.05) is 37.2 Å². The van der Waals surface area contributed by atoms with E-state index in [-0.39, 0.29) is 5.91 Å². The van der Waals surface area contributed by atoms with Gasteiger partial charge in [0.1, 0.15) is 6.04 Å².